The van der Waals surface area contributed by atoms with Gasteiger partial charge in [-0.15, -0.1) is 11.6 Å². The summed E-state index contributed by atoms with van der Waals surface area (Å²) >= 11 is 5.56. The van der Waals surface area contributed by atoms with Gasteiger partial charge in [-0.05, 0) is 11.1 Å². The van der Waals surface area contributed by atoms with Gasteiger partial charge >= 0.3 is 0 Å². The Morgan fingerprint density at radius 2 is 2.12 bits per heavy atom. The van der Waals surface area contributed by atoms with Gasteiger partial charge in [0.05, 0.1) is 18.1 Å². The van der Waals surface area contributed by atoms with Crippen molar-refractivity contribution >= 4 is 11.6 Å². The van der Waals surface area contributed by atoms with E-state index in [9.17, 15) is 8.78 Å². The molecule has 0 aliphatic rings. The first-order valence-corrected chi connectivity index (χ1v) is 4.81. The largest absolute Gasteiger partial charge is 0.266 e. The standard InChI is InChI=1S/C10H6ClF2N3/c11-3-6-5-16-8(4-15)9(10(12)13)7(6)1-2-14/h5,10H,1,3H2. The van der Waals surface area contributed by atoms with Crippen molar-refractivity contribution in [3.05, 3.63) is 28.6 Å². The number of nitrogens with zero attached hydrogens (tertiary/aromatic N) is 3. The summed E-state index contributed by atoms with van der Waals surface area (Å²) in [6.45, 7) is 0. The van der Waals surface area contributed by atoms with Crippen LogP contribution in [-0.2, 0) is 12.3 Å². The molecule has 0 atom stereocenters. The second-order valence-electron chi connectivity index (χ2n) is 2.91. The van der Waals surface area contributed by atoms with Crippen molar-refractivity contribution in [2.75, 3.05) is 0 Å². The second-order valence-corrected chi connectivity index (χ2v) is 3.17. The van der Waals surface area contributed by atoms with E-state index in [1.165, 1.54) is 6.20 Å². The molecule has 6 heteroatoms. The molecule has 1 aromatic rings. The van der Waals surface area contributed by atoms with Crippen molar-refractivity contribution in [1.29, 1.82) is 10.5 Å². The smallest absolute Gasteiger partial charge is 0.245 e. The van der Waals surface area contributed by atoms with Gasteiger partial charge in [-0.1, -0.05) is 0 Å². The Balaban J connectivity index is 3.49. The van der Waals surface area contributed by atoms with Crippen LogP contribution in [0.1, 0.15) is 28.8 Å². The van der Waals surface area contributed by atoms with Crippen LogP contribution in [0.2, 0.25) is 0 Å². The van der Waals surface area contributed by atoms with Gasteiger partial charge in [0.15, 0.2) is 0 Å². The molecule has 0 aliphatic carbocycles. The molecule has 1 aromatic heterocycles. The Morgan fingerprint density at radius 1 is 1.44 bits per heavy atom. The number of halogens is 3. The highest BCUT2D eigenvalue weighted by Crippen LogP contribution is 2.28. The Labute approximate surface area is 95.9 Å². The number of nitriles is 2. The molecule has 0 fully saturated rings. The lowest BCUT2D eigenvalue weighted by Gasteiger charge is -2.10. The summed E-state index contributed by atoms with van der Waals surface area (Å²) in [6.07, 6.45) is -1.79. The fraction of sp³-hybridized carbons (Fsp3) is 0.300. The van der Waals surface area contributed by atoms with E-state index in [1.807, 2.05) is 0 Å². The van der Waals surface area contributed by atoms with Crippen LogP contribution in [-0.4, -0.2) is 4.98 Å². The third kappa shape index (κ3) is 2.26. The van der Waals surface area contributed by atoms with Crippen molar-refractivity contribution < 1.29 is 8.78 Å². The van der Waals surface area contributed by atoms with Gasteiger partial charge in [-0.25, -0.2) is 13.8 Å². The molecule has 0 saturated carbocycles. The first-order chi connectivity index (χ1) is 7.65. The van der Waals surface area contributed by atoms with Crippen LogP contribution >= 0.6 is 11.6 Å². The molecule has 1 heterocycles. The topological polar surface area (TPSA) is 60.5 Å². The van der Waals surface area contributed by atoms with Gasteiger partial charge in [-0.3, -0.25) is 0 Å². The Hall–Kier alpha value is -1.72. The fourth-order valence-electron chi connectivity index (χ4n) is 1.33. The third-order valence-corrected chi connectivity index (χ3v) is 2.33. The predicted octanol–water partition coefficient (Wildman–Crippen LogP) is 2.70. The molecule has 1 rings (SSSR count). The quantitative estimate of drug-likeness (QED) is 0.765. The second kappa shape index (κ2) is 5.39. The minimum atomic E-state index is -2.84. The molecular weight excluding hydrogens is 236 g/mol. The maximum Gasteiger partial charge on any atom is 0.266 e. The SMILES string of the molecule is N#CCc1c(CCl)cnc(C#N)c1C(F)F. The lowest BCUT2D eigenvalue weighted by Crippen LogP contribution is -2.04. The highest BCUT2D eigenvalue weighted by molar-refractivity contribution is 6.17. The van der Waals surface area contributed by atoms with Crippen molar-refractivity contribution in [3.63, 3.8) is 0 Å². The molecule has 3 nitrogen and oxygen atoms in total. The van der Waals surface area contributed by atoms with Gasteiger partial charge in [0, 0.05) is 12.1 Å². The zero-order valence-corrected chi connectivity index (χ0v) is 8.80. The summed E-state index contributed by atoms with van der Waals surface area (Å²) in [5.41, 5.74) is -0.368. The number of aromatic nitrogens is 1. The van der Waals surface area contributed by atoms with E-state index < -0.39 is 12.0 Å². The molecule has 0 N–H and O–H groups in total. The molecule has 0 unspecified atom stereocenters. The zero-order chi connectivity index (χ0) is 12.1. The number of hydrogen-bond acceptors (Lipinski definition) is 3. The Kier molecular flexibility index (Phi) is 4.16. The maximum atomic E-state index is 12.8. The summed E-state index contributed by atoms with van der Waals surface area (Å²) in [5, 5.41) is 17.2. The van der Waals surface area contributed by atoms with E-state index in [0.29, 0.717) is 5.56 Å². The summed E-state index contributed by atoms with van der Waals surface area (Å²) in [7, 11) is 0. The van der Waals surface area contributed by atoms with Gasteiger partial charge in [0.2, 0.25) is 0 Å². The van der Waals surface area contributed by atoms with E-state index in [4.69, 9.17) is 22.1 Å². The number of pyridine rings is 1. The van der Waals surface area contributed by atoms with Crippen molar-refractivity contribution in [3.8, 4) is 12.1 Å². The minimum absolute atomic E-state index is 0.0184. The molecule has 0 bridgehead atoms. The highest BCUT2D eigenvalue weighted by Gasteiger charge is 2.21. The molecule has 82 valence electrons. The normalized spacial score (nSPS) is 9.88. The van der Waals surface area contributed by atoms with E-state index in [1.54, 1.807) is 12.1 Å². The van der Waals surface area contributed by atoms with E-state index >= 15 is 0 Å². The van der Waals surface area contributed by atoms with Gasteiger partial charge < -0.3 is 0 Å². The predicted molar refractivity (Wildman–Crippen MR) is 52.8 cm³/mol. The molecule has 0 spiro atoms. The lowest BCUT2D eigenvalue weighted by molar-refractivity contribution is 0.149. The lowest BCUT2D eigenvalue weighted by atomic mass is 10.00. The van der Waals surface area contributed by atoms with E-state index in [-0.39, 0.29) is 23.6 Å². The average Bonchev–Trinajstić information content (AvgIpc) is 2.28. The van der Waals surface area contributed by atoms with Crippen LogP contribution in [0.15, 0.2) is 6.20 Å². The third-order valence-electron chi connectivity index (χ3n) is 2.04. The van der Waals surface area contributed by atoms with Crippen LogP contribution in [0.25, 0.3) is 0 Å². The Morgan fingerprint density at radius 3 is 2.56 bits per heavy atom. The number of alkyl halides is 3. The zero-order valence-electron chi connectivity index (χ0n) is 8.04. The monoisotopic (exact) mass is 241 g/mol. The number of hydrogen-bond donors (Lipinski definition) is 0. The van der Waals surface area contributed by atoms with Gasteiger partial charge in [-0.2, -0.15) is 10.5 Å². The van der Waals surface area contributed by atoms with Gasteiger partial charge in [0.25, 0.3) is 6.43 Å². The van der Waals surface area contributed by atoms with Crippen molar-refractivity contribution in [2.45, 2.75) is 18.7 Å². The molecule has 0 aromatic carbocycles. The molecule has 0 amide bonds. The summed E-state index contributed by atoms with van der Waals surface area (Å²) in [6, 6.07) is 3.36. The first-order valence-electron chi connectivity index (χ1n) is 4.27. The molecule has 16 heavy (non-hydrogen) atoms. The van der Waals surface area contributed by atoms with Gasteiger partial charge in [0.1, 0.15) is 11.8 Å². The molecule has 0 radical (unpaired) electrons. The maximum absolute atomic E-state index is 12.8. The number of rotatable bonds is 3. The average molecular weight is 242 g/mol. The highest BCUT2D eigenvalue weighted by atomic mass is 35.5. The Bertz CT molecular complexity index is 474. The minimum Gasteiger partial charge on any atom is -0.245 e. The van der Waals surface area contributed by atoms with E-state index in [2.05, 4.69) is 4.98 Å². The van der Waals surface area contributed by atoms with Crippen LogP contribution in [0.5, 0.6) is 0 Å². The van der Waals surface area contributed by atoms with E-state index in [0.717, 1.165) is 0 Å². The fourth-order valence-corrected chi connectivity index (χ4v) is 1.56. The summed E-state index contributed by atoms with van der Waals surface area (Å²) < 4.78 is 25.5. The summed E-state index contributed by atoms with van der Waals surface area (Å²) in [5.74, 6) is -0.0184. The molecule has 0 aliphatic heterocycles. The first kappa shape index (κ1) is 12.4. The van der Waals surface area contributed by atoms with Crippen LogP contribution in [0.3, 0.4) is 0 Å². The summed E-state index contributed by atoms with van der Waals surface area (Å²) in [4.78, 5) is 3.60. The van der Waals surface area contributed by atoms with Crippen molar-refractivity contribution in [1.82, 2.24) is 4.98 Å². The van der Waals surface area contributed by atoms with Crippen LogP contribution in [0, 0.1) is 22.7 Å². The molecular formula is C10H6ClF2N3. The van der Waals surface area contributed by atoms with Crippen LogP contribution < -0.4 is 0 Å². The van der Waals surface area contributed by atoms with Crippen LogP contribution in [0.4, 0.5) is 8.78 Å². The van der Waals surface area contributed by atoms with Crippen molar-refractivity contribution in [2.24, 2.45) is 0 Å². The molecule has 0 saturated heterocycles.